The van der Waals surface area contributed by atoms with Crippen LogP contribution in [0.2, 0.25) is 0 Å². The van der Waals surface area contributed by atoms with Crippen molar-refractivity contribution >= 4 is 26.0 Å². The van der Waals surface area contributed by atoms with E-state index < -0.39 is 22.9 Å². The fourth-order valence-corrected chi connectivity index (χ4v) is 13.0. The Balaban J connectivity index is 0.00000120. The Hall–Kier alpha value is -0.980. The van der Waals surface area contributed by atoms with Gasteiger partial charge in [0.2, 0.25) is 0 Å². The van der Waals surface area contributed by atoms with E-state index in [1.165, 1.54) is 22.0 Å². The van der Waals surface area contributed by atoms with Crippen LogP contribution in [0.3, 0.4) is 0 Å². The summed E-state index contributed by atoms with van der Waals surface area (Å²) in [5.74, 6) is 0. The molecule has 0 saturated heterocycles. The molecule has 2 aliphatic rings. The molecular formula is C25H21Cl2HfP. The van der Waals surface area contributed by atoms with Gasteiger partial charge in [0, 0.05) is 0 Å². The van der Waals surface area contributed by atoms with E-state index in [0.717, 1.165) is 8.58 Å². The topological polar surface area (TPSA) is 0 Å². The van der Waals surface area contributed by atoms with Gasteiger partial charge in [-0.1, -0.05) is 0 Å². The molecule has 0 amide bonds. The fourth-order valence-electron chi connectivity index (χ4n) is 4.05. The predicted octanol–water partition coefficient (Wildman–Crippen LogP) is 0.253. The van der Waals surface area contributed by atoms with Gasteiger partial charge in [0.15, 0.2) is 0 Å². The van der Waals surface area contributed by atoms with Gasteiger partial charge < -0.3 is 24.8 Å². The summed E-state index contributed by atoms with van der Waals surface area (Å²) in [4.78, 5) is 0. The largest absolute Gasteiger partial charge is 1.00 e. The molecule has 3 unspecified atom stereocenters. The Morgan fingerprint density at radius 1 is 0.759 bits per heavy atom. The molecule has 4 heteroatoms. The quantitative estimate of drug-likeness (QED) is 0.298. The number of aryl methyl sites for hydroxylation is 1. The van der Waals surface area contributed by atoms with Crippen molar-refractivity contribution in [1.29, 1.82) is 0 Å². The van der Waals surface area contributed by atoms with Gasteiger partial charge in [-0.05, 0) is 0 Å². The summed E-state index contributed by atoms with van der Waals surface area (Å²) in [6, 6.07) is 27.0. The van der Waals surface area contributed by atoms with Crippen molar-refractivity contribution in [2.24, 2.45) is 0 Å². The van der Waals surface area contributed by atoms with Gasteiger partial charge in [-0.2, -0.15) is 0 Å². The van der Waals surface area contributed by atoms with E-state index in [1.807, 2.05) is 0 Å². The van der Waals surface area contributed by atoms with Crippen molar-refractivity contribution in [3.8, 4) is 0 Å². The van der Waals surface area contributed by atoms with Crippen LogP contribution in [0.4, 0.5) is 0 Å². The number of rotatable bonds is 4. The molecular weight excluding hydrogens is 581 g/mol. The molecule has 29 heavy (non-hydrogen) atoms. The molecule has 0 spiro atoms. The maximum atomic E-state index is 2.50. The molecule has 0 nitrogen and oxygen atoms in total. The molecule has 0 saturated carbocycles. The maximum Gasteiger partial charge on any atom is -1.00 e. The second-order valence-corrected chi connectivity index (χ2v) is 14.1. The molecule has 0 fully saturated rings. The summed E-state index contributed by atoms with van der Waals surface area (Å²) in [6.07, 6.45) is 7.34. The first-order valence-corrected chi connectivity index (χ1v) is 14.6. The van der Waals surface area contributed by atoms with Crippen LogP contribution < -0.4 is 30.1 Å². The third-order valence-electron chi connectivity index (χ3n) is 5.50. The minimum absolute atomic E-state index is 0. The summed E-state index contributed by atoms with van der Waals surface area (Å²) in [6.45, 7) is 2.25. The Kier molecular flexibility index (Phi) is 7.74. The fraction of sp³-hybridized carbons (Fsp3) is 0.120. The molecule has 0 aliphatic heterocycles. The van der Waals surface area contributed by atoms with E-state index in [9.17, 15) is 0 Å². The van der Waals surface area contributed by atoms with Gasteiger partial charge >= 0.3 is 175 Å². The van der Waals surface area contributed by atoms with E-state index in [-0.39, 0.29) is 24.8 Å². The van der Waals surface area contributed by atoms with Gasteiger partial charge in [-0.3, -0.25) is 0 Å². The average Bonchev–Trinajstić information content (AvgIpc) is 3.26. The number of hydrogen-bond acceptors (Lipinski definition) is 0. The summed E-state index contributed by atoms with van der Waals surface area (Å²) in [7, 11) is 0.795. The van der Waals surface area contributed by atoms with Crippen LogP contribution in [0.15, 0.2) is 84.2 Å². The Labute approximate surface area is 198 Å². The van der Waals surface area contributed by atoms with Crippen LogP contribution in [-0.2, 0) is 22.9 Å². The number of benzene rings is 3. The molecule has 0 heterocycles. The van der Waals surface area contributed by atoms with Crippen molar-refractivity contribution in [2.45, 2.75) is 14.3 Å². The number of fused-ring (bicyclic) bond motifs is 2. The normalized spacial score (nSPS) is 18.4. The molecule has 0 N–H and O–H groups in total. The molecule has 144 valence electrons. The van der Waals surface area contributed by atoms with Gasteiger partial charge in [0.25, 0.3) is 0 Å². The van der Waals surface area contributed by atoms with Crippen LogP contribution >= 0.6 is 8.58 Å². The first-order chi connectivity index (χ1) is 13.3. The van der Waals surface area contributed by atoms with E-state index in [4.69, 9.17) is 0 Å². The van der Waals surface area contributed by atoms with Crippen molar-refractivity contribution in [3.63, 3.8) is 0 Å². The first kappa shape index (κ1) is 22.7. The van der Waals surface area contributed by atoms with E-state index >= 15 is 0 Å². The van der Waals surface area contributed by atoms with Crippen molar-refractivity contribution in [2.75, 3.05) is 0 Å². The number of hydrogen-bond donors (Lipinski definition) is 0. The Morgan fingerprint density at radius 3 is 2.21 bits per heavy atom. The van der Waals surface area contributed by atoms with Gasteiger partial charge in [-0.15, -0.1) is 0 Å². The molecule has 0 radical (unpaired) electrons. The predicted molar refractivity (Wildman–Crippen MR) is 115 cm³/mol. The summed E-state index contributed by atoms with van der Waals surface area (Å²) < 4.78 is 1.42. The zero-order valence-corrected chi connectivity index (χ0v) is 22.2. The molecule has 3 atom stereocenters. The smallest absolute Gasteiger partial charge is 1.00 e. The van der Waals surface area contributed by atoms with Gasteiger partial charge in [0.1, 0.15) is 0 Å². The minimum Gasteiger partial charge on any atom is -1.00 e. The number of allylic oxidation sites excluding steroid dienone is 2. The van der Waals surface area contributed by atoms with Crippen LogP contribution in [0.1, 0.15) is 35.2 Å². The van der Waals surface area contributed by atoms with Gasteiger partial charge in [0.05, 0.1) is 0 Å². The summed E-state index contributed by atoms with van der Waals surface area (Å²) in [5.41, 5.74) is 7.49. The minimum atomic E-state index is -0.992. The zero-order chi connectivity index (χ0) is 18.2. The SMILES string of the molecule is Cc1ccccc1PC1=Cc2ccccc2[CH]1[Hf+2][CH]1C=Cc2ccccc21.[Cl-].[Cl-]. The molecule has 0 aromatic heterocycles. The van der Waals surface area contributed by atoms with Crippen LogP contribution in [0.25, 0.3) is 12.2 Å². The second kappa shape index (κ2) is 9.88. The van der Waals surface area contributed by atoms with Crippen molar-refractivity contribution in [3.05, 3.63) is 112 Å². The van der Waals surface area contributed by atoms with Crippen LogP contribution in [0.5, 0.6) is 0 Å². The zero-order valence-electron chi connectivity index (χ0n) is 16.1. The average molecular weight is 602 g/mol. The van der Waals surface area contributed by atoms with Crippen LogP contribution in [0, 0.1) is 6.92 Å². The third-order valence-corrected chi connectivity index (χ3v) is 14.6. The van der Waals surface area contributed by atoms with Crippen molar-refractivity contribution < 1.29 is 47.7 Å². The van der Waals surface area contributed by atoms with E-state index in [1.54, 1.807) is 16.4 Å². The third kappa shape index (κ3) is 4.54. The van der Waals surface area contributed by atoms with E-state index in [0.29, 0.717) is 7.35 Å². The number of halogens is 2. The standard InChI is InChI=1S/C16H14P.C9H7.2ClH.Hf/c1-12-6-2-5-9-16(12)17-15-10-13-7-3-4-8-14(13)11-15;1-2-5-9-7-3-6-8(9)4-1;;;/h2-11,17H,1H3;1-7H;2*1H;/q;;;;+2/p-2. The maximum absolute atomic E-state index is 2.50. The van der Waals surface area contributed by atoms with E-state index in [2.05, 4.69) is 97.9 Å². The summed E-state index contributed by atoms with van der Waals surface area (Å²) in [5, 5.41) is 3.18. The van der Waals surface area contributed by atoms with Crippen molar-refractivity contribution in [1.82, 2.24) is 0 Å². The summed E-state index contributed by atoms with van der Waals surface area (Å²) >= 11 is -0.992. The molecule has 0 bridgehead atoms. The molecule has 3 aromatic carbocycles. The van der Waals surface area contributed by atoms with Gasteiger partial charge in [-0.25, -0.2) is 0 Å². The molecule has 5 rings (SSSR count). The molecule has 3 aromatic rings. The van der Waals surface area contributed by atoms with Crippen LogP contribution in [-0.4, -0.2) is 0 Å². The monoisotopic (exact) mass is 602 g/mol. The first-order valence-electron chi connectivity index (χ1n) is 9.46. The Bertz CT molecular complexity index is 1070. The Morgan fingerprint density at radius 2 is 1.41 bits per heavy atom. The second-order valence-electron chi connectivity index (χ2n) is 7.23. The molecule has 2 aliphatic carbocycles.